The second-order valence-electron chi connectivity index (χ2n) is 3.01. The SMILES string of the molecule is N[C@@H](COc1ccc([N+](=O)[O-])cc1)C(=O)O. The molecule has 1 aromatic rings. The zero-order valence-electron chi connectivity index (χ0n) is 8.20. The van der Waals surface area contributed by atoms with Gasteiger partial charge in [-0.15, -0.1) is 0 Å². The lowest BCUT2D eigenvalue weighted by Crippen LogP contribution is -2.36. The quantitative estimate of drug-likeness (QED) is 0.554. The third kappa shape index (κ3) is 3.21. The summed E-state index contributed by atoms with van der Waals surface area (Å²) in [5.74, 6) is -0.829. The van der Waals surface area contributed by atoms with Crippen LogP contribution in [0.3, 0.4) is 0 Å². The number of nitrogens with zero attached hydrogens (tertiary/aromatic N) is 1. The first-order chi connectivity index (χ1) is 7.50. The maximum atomic E-state index is 10.4. The van der Waals surface area contributed by atoms with Gasteiger partial charge in [-0.2, -0.15) is 0 Å². The van der Waals surface area contributed by atoms with Crippen molar-refractivity contribution in [3.8, 4) is 5.75 Å². The van der Waals surface area contributed by atoms with Crippen LogP contribution in [0.15, 0.2) is 24.3 Å². The van der Waals surface area contributed by atoms with E-state index in [0.29, 0.717) is 5.75 Å². The van der Waals surface area contributed by atoms with E-state index in [1.54, 1.807) is 0 Å². The van der Waals surface area contributed by atoms with Crippen molar-refractivity contribution in [1.82, 2.24) is 0 Å². The number of hydrogen-bond acceptors (Lipinski definition) is 5. The fourth-order valence-electron chi connectivity index (χ4n) is 0.921. The molecule has 0 fully saturated rings. The van der Waals surface area contributed by atoms with Gasteiger partial charge in [0.05, 0.1) is 4.92 Å². The summed E-state index contributed by atoms with van der Waals surface area (Å²) < 4.78 is 5.04. The minimum atomic E-state index is -1.16. The van der Waals surface area contributed by atoms with Crippen LogP contribution in [0.2, 0.25) is 0 Å². The molecule has 0 radical (unpaired) electrons. The topological polar surface area (TPSA) is 116 Å². The molecule has 1 atom stereocenters. The molecule has 0 unspecified atom stereocenters. The van der Waals surface area contributed by atoms with Crippen LogP contribution in [-0.4, -0.2) is 28.6 Å². The lowest BCUT2D eigenvalue weighted by atomic mass is 10.3. The van der Waals surface area contributed by atoms with Crippen LogP contribution in [0.25, 0.3) is 0 Å². The Balaban J connectivity index is 2.56. The summed E-state index contributed by atoms with van der Waals surface area (Å²) >= 11 is 0. The van der Waals surface area contributed by atoms with Gasteiger partial charge in [-0.25, -0.2) is 0 Å². The number of hydrogen-bond donors (Lipinski definition) is 2. The lowest BCUT2D eigenvalue weighted by Gasteiger charge is -2.08. The van der Waals surface area contributed by atoms with Crippen molar-refractivity contribution in [3.05, 3.63) is 34.4 Å². The summed E-state index contributed by atoms with van der Waals surface area (Å²) in [5.41, 5.74) is 5.15. The van der Waals surface area contributed by atoms with E-state index in [4.69, 9.17) is 15.6 Å². The molecule has 0 aliphatic rings. The highest BCUT2D eigenvalue weighted by Crippen LogP contribution is 2.17. The number of nitro groups is 1. The second kappa shape index (κ2) is 5.08. The van der Waals surface area contributed by atoms with Crippen LogP contribution in [0, 0.1) is 10.1 Å². The van der Waals surface area contributed by atoms with Crippen LogP contribution in [0.1, 0.15) is 0 Å². The molecule has 0 heterocycles. The number of carboxylic acids is 1. The number of benzene rings is 1. The monoisotopic (exact) mass is 226 g/mol. The average Bonchev–Trinajstić information content (AvgIpc) is 2.26. The van der Waals surface area contributed by atoms with E-state index in [1.165, 1.54) is 24.3 Å². The first-order valence-corrected chi connectivity index (χ1v) is 4.36. The minimum Gasteiger partial charge on any atom is -0.491 e. The Morgan fingerprint density at radius 1 is 1.50 bits per heavy atom. The van der Waals surface area contributed by atoms with Gasteiger partial charge in [-0.05, 0) is 12.1 Å². The van der Waals surface area contributed by atoms with Gasteiger partial charge >= 0.3 is 5.97 Å². The Labute approximate surface area is 90.6 Å². The number of aliphatic carboxylic acids is 1. The van der Waals surface area contributed by atoms with E-state index in [2.05, 4.69) is 0 Å². The van der Waals surface area contributed by atoms with Gasteiger partial charge in [-0.3, -0.25) is 14.9 Å². The molecule has 1 aromatic carbocycles. The highest BCUT2D eigenvalue weighted by Gasteiger charge is 2.12. The summed E-state index contributed by atoms with van der Waals surface area (Å²) in [7, 11) is 0. The smallest absolute Gasteiger partial charge is 0.324 e. The first kappa shape index (κ1) is 11.9. The van der Waals surface area contributed by atoms with Crippen molar-refractivity contribution in [3.63, 3.8) is 0 Å². The first-order valence-electron chi connectivity index (χ1n) is 4.36. The largest absolute Gasteiger partial charge is 0.491 e. The average molecular weight is 226 g/mol. The van der Waals surface area contributed by atoms with Crippen molar-refractivity contribution in [2.75, 3.05) is 6.61 Å². The molecule has 16 heavy (non-hydrogen) atoms. The van der Waals surface area contributed by atoms with Gasteiger partial charge in [0.15, 0.2) is 0 Å². The standard InChI is InChI=1S/C9H10N2O5/c10-8(9(12)13)5-16-7-3-1-6(2-4-7)11(14)15/h1-4,8H,5,10H2,(H,12,13)/t8-/m0/s1. The molecule has 0 aromatic heterocycles. The molecule has 0 aliphatic carbocycles. The molecule has 0 saturated carbocycles. The van der Waals surface area contributed by atoms with E-state index >= 15 is 0 Å². The molecule has 7 heteroatoms. The van der Waals surface area contributed by atoms with Gasteiger partial charge in [0, 0.05) is 12.1 Å². The molecule has 3 N–H and O–H groups in total. The summed E-state index contributed by atoms with van der Waals surface area (Å²) in [6.45, 7) is -0.187. The van der Waals surface area contributed by atoms with E-state index in [-0.39, 0.29) is 12.3 Å². The summed E-state index contributed by atoms with van der Waals surface area (Å²) in [5, 5.41) is 18.8. The molecule has 7 nitrogen and oxygen atoms in total. The van der Waals surface area contributed by atoms with Crippen molar-refractivity contribution in [1.29, 1.82) is 0 Å². The Morgan fingerprint density at radius 3 is 2.50 bits per heavy atom. The Bertz CT molecular complexity index is 389. The summed E-state index contributed by atoms with van der Waals surface area (Å²) in [6.07, 6.45) is 0. The van der Waals surface area contributed by atoms with Crippen LogP contribution in [0.5, 0.6) is 5.75 Å². The van der Waals surface area contributed by atoms with Crippen LogP contribution in [-0.2, 0) is 4.79 Å². The third-order valence-electron chi connectivity index (χ3n) is 1.79. The maximum absolute atomic E-state index is 10.4. The highest BCUT2D eigenvalue weighted by molar-refractivity contribution is 5.73. The van der Waals surface area contributed by atoms with Crippen LogP contribution in [0.4, 0.5) is 5.69 Å². The normalized spacial score (nSPS) is 11.8. The molecular weight excluding hydrogens is 216 g/mol. The molecule has 0 bridgehead atoms. The number of nitrogens with two attached hydrogens (primary N) is 1. The molecular formula is C9H10N2O5. The number of non-ortho nitro benzene ring substituents is 1. The van der Waals surface area contributed by atoms with Gasteiger partial charge in [0.25, 0.3) is 5.69 Å². The molecule has 0 saturated heterocycles. The number of carboxylic acid groups (broad SMARTS) is 1. The Morgan fingerprint density at radius 2 is 2.06 bits per heavy atom. The predicted molar refractivity (Wildman–Crippen MR) is 54.2 cm³/mol. The van der Waals surface area contributed by atoms with E-state index in [1.807, 2.05) is 0 Å². The number of ether oxygens (including phenoxy) is 1. The zero-order valence-corrected chi connectivity index (χ0v) is 8.20. The molecule has 86 valence electrons. The number of rotatable bonds is 5. The van der Waals surface area contributed by atoms with Crippen molar-refractivity contribution in [2.45, 2.75) is 6.04 Å². The van der Waals surface area contributed by atoms with Gasteiger partial charge < -0.3 is 15.6 Å². The lowest BCUT2D eigenvalue weighted by molar-refractivity contribution is -0.384. The minimum absolute atomic E-state index is 0.0603. The van der Waals surface area contributed by atoms with E-state index in [0.717, 1.165) is 0 Å². The van der Waals surface area contributed by atoms with Gasteiger partial charge in [0.2, 0.25) is 0 Å². The third-order valence-corrected chi connectivity index (χ3v) is 1.79. The Hall–Kier alpha value is -2.15. The summed E-state index contributed by atoms with van der Waals surface area (Å²) in [6, 6.07) is 4.18. The second-order valence-corrected chi connectivity index (χ2v) is 3.01. The Kier molecular flexibility index (Phi) is 3.78. The van der Waals surface area contributed by atoms with Crippen LogP contribution < -0.4 is 10.5 Å². The zero-order chi connectivity index (χ0) is 12.1. The number of nitro benzene ring substituents is 1. The summed E-state index contributed by atoms with van der Waals surface area (Å²) in [4.78, 5) is 20.2. The van der Waals surface area contributed by atoms with Gasteiger partial charge in [-0.1, -0.05) is 0 Å². The van der Waals surface area contributed by atoms with Crippen LogP contribution >= 0.6 is 0 Å². The van der Waals surface area contributed by atoms with E-state index in [9.17, 15) is 14.9 Å². The van der Waals surface area contributed by atoms with E-state index < -0.39 is 16.9 Å². The predicted octanol–water partition coefficient (Wildman–Crippen LogP) is 0.385. The fourth-order valence-corrected chi connectivity index (χ4v) is 0.921. The molecule has 0 spiro atoms. The maximum Gasteiger partial charge on any atom is 0.324 e. The van der Waals surface area contributed by atoms with Crippen molar-refractivity contribution < 1.29 is 19.6 Å². The van der Waals surface area contributed by atoms with Gasteiger partial charge in [0.1, 0.15) is 18.4 Å². The highest BCUT2D eigenvalue weighted by atomic mass is 16.6. The van der Waals surface area contributed by atoms with Crippen molar-refractivity contribution >= 4 is 11.7 Å². The molecule has 0 aliphatic heterocycles. The molecule has 1 rings (SSSR count). The number of carbonyl (C=O) groups is 1. The fraction of sp³-hybridized carbons (Fsp3) is 0.222. The van der Waals surface area contributed by atoms with Crippen molar-refractivity contribution in [2.24, 2.45) is 5.73 Å². The molecule has 0 amide bonds.